The lowest BCUT2D eigenvalue weighted by Gasteiger charge is -2.19. The van der Waals surface area contributed by atoms with E-state index in [4.69, 9.17) is 4.74 Å². The Morgan fingerprint density at radius 3 is 2.93 bits per heavy atom. The Morgan fingerprint density at radius 2 is 2.29 bits per heavy atom. The molecule has 3 aliphatic carbocycles. The standard InChI is InChI=1S/C11H14O3/c1-14-10(13)11-7-4-2-3-6(9(7)11)5-8(11)12/h6-7,9H,2-5H2,1H3/t6-,7?,9?,11?/m1/s1. The second kappa shape index (κ2) is 2.38. The van der Waals surface area contributed by atoms with Crippen LogP contribution in [0.15, 0.2) is 0 Å². The van der Waals surface area contributed by atoms with Crippen molar-refractivity contribution in [1.82, 2.24) is 0 Å². The maximum atomic E-state index is 11.9. The van der Waals surface area contributed by atoms with Crippen molar-refractivity contribution in [3.63, 3.8) is 0 Å². The van der Waals surface area contributed by atoms with Crippen LogP contribution in [0.3, 0.4) is 0 Å². The fourth-order valence-corrected chi connectivity index (χ4v) is 3.97. The number of fused-ring (bicyclic) bond motifs is 1. The first kappa shape index (κ1) is 8.45. The van der Waals surface area contributed by atoms with Gasteiger partial charge in [-0.05, 0) is 30.6 Å². The van der Waals surface area contributed by atoms with Crippen LogP contribution in [0.2, 0.25) is 0 Å². The number of ketones is 1. The summed E-state index contributed by atoms with van der Waals surface area (Å²) in [6.07, 6.45) is 3.97. The monoisotopic (exact) mass is 194 g/mol. The summed E-state index contributed by atoms with van der Waals surface area (Å²) >= 11 is 0. The summed E-state index contributed by atoms with van der Waals surface area (Å²) in [5, 5.41) is 0. The zero-order valence-electron chi connectivity index (χ0n) is 8.29. The summed E-state index contributed by atoms with van der Waals surface area (Å²) in [5.41, 5.74) is -0.671. The number of esters is 1. The third kappa shape index (κ3) is 0.677. The highest BCUT2D eigenvalue weighted by atomic mass is 16.5. The van der Waals surface area contributed by atoms with Gasteiger partial charge in [-0.2, -0.15) is 0 Å². The highest BCUT2D eigenvalue weighted by Gasteiger charge is 2.80. The van der Waals surface area contributed by atoms with Crippen LogP contribution < -0.4 is 0 Å². The van der Waals surface area contributed by atoms with Crippen molar-refractivity contribution in [3.8, 4) is 0 Å². The Labute approximate surface area is 82.8 Å². The lowest BCUT2D eigenvalue weighted by Crippen LogP contribution is -2.28. The fourth-order valence-electron chi connectivity index (χ4n) is 3.97. The van der Waals surface area contributed by atoms with Crippen LogP contribution in [0.25, 0.3) is 0 Å². The number of methoxy groups -OCH3 is 1. The third-order valence-electron chi connectivity index (χ3n) is 4.47. The maximum absolute atomic E-state index is 11.9. The number of Topliss-reactive ketones (excluding diaryl/α,β-unsaturated/α-hetero) is 1. The van der Waals surface area contributed by atoms with Gasteiger partial charge in [0.25, 0.3) is 0 Å². The molecule has 3 rings (SSSR count). The molecular formula is C11H14O3. The summed E-state index contributed by atoms with van der Waals surface area (Å²) in [6.45, 7) is 0. The van der Waals surface area contributed by atoms with Gasteiger partial charge in [0.15, 0.2) is 5.78 Å². The van der Waals surface area contributed by atoms with E-state index in [1.165, 1.54) is 13.5 Å². The van der Waals surface area contributed by atoms with Crippen molar-refractivity contribution in [2.45, 2.75) is 25.7 Å². The predicted molar refractivity (Wildman–Crippen MR) is 48.4 cm³/mol. The SMILES string of the molecule is COC(=O)C12C(=O)C[C@H]3CCCC1C32. The first-order valence-electron chi connectivity index (χ1n) is 5.34. The topological polar surface area (TPSA) is 43.4 Å². The lowest BCUT2D eigenvalue weighted by molar-refractivity contribution is -0.151. The smallest absolute Gasteiger partial charge is 0.319 e. The molecule has 0 bridgehead atoms. The highest BCUT2D eigenvalue weighted by molar-refractivity contribution is 6.10. The van der Waals surface area contributed by atoms with Gasteiger partial charge in [-0.3, -0.25) is 9.59 Å². The molecule has 3 fully saturated rings. The van der Waals surface area contributed by atoms with Gasteiger partial charge in [0, 0.05) is 6.42 Å². The van der Waals surface area contributed by atoms with E-state index in [-0.39, 0.29) is 11.8 Å². The second-order valence-electron chi connectivity index (χ2n) is 4.81. The number of carbonyl (C=O) groups excluding carboxylic acids is 2. The predicted octanol–water partition coefficient (Wildman–Crippen LogP) is 1.16. The zero-order chi connectivity index (χ0) is 9.92. The van der Waals surface area contributed by atoms with Crippen molar-refractivity contribution >= 4 is 11.8 Å². The normalized spacial score (nSPS) is 48.6. The minimum Gasteiger partial charge on any atom is -0.468 e. The molecule has 0 N–H and O–H groups in total. The molecule has 0 amide bonds. The number of rotatable bonds is 1. The Hall–Kier alpha value is -0.860. The summed E-state index contributed by atoms with van der Waals surface area (Å²) in [6, 6.07) is 0. The minimum absolute atomic E-state index is 0.157. The van der Waals surface area contributed by atoms with E-state index in [1.807, 2.05) is 0 Å². The van der Waals surface area contributed by atoms with E-state index in [9.17, 15) is 9.59 Å². The molecule has 76 valence electrons. The number of hydrogen-bond donors (Lipinski definition) is 0. The molecule has 0 spiro atoms. The molecule has 14 heavy (non-hydrogen) atoms. The average Bonchev–Trinajstić information content (AvgIpc) is 2.77. The van der Waals surface area contributed by atoms with Crippen LogP contribution >= 0.6 is 0 Å². The van der Waals surface area contributed by atoms with Crippen molar-refractivity contribution in [3.05, 3.63) is 0 Å². The molecule has 3 aliphatic rings. The molecule has 0 radical (unpaired) electrons. The van der Waals surface area contributed by atoms with E-state index >= 15 is 0 Å². The van der Waals surface area contributed by atoms with E-state index in [0.717, 1.165) is 12.8 Å². The van der Waals surface area contributed by atoms with Gasteiger partial charge in [0.2, 0.25) is 0 Å². The Balaban J connectivity index is 2.00. The van der Waals surface area contributed by atoms with E-state index < -0.39 is 5.41 Å². The highest BCUT2D eigenvalue weighted by Crippen LogP contribution is 2.73. The van der Waals surface area contributed by atoms with E-state index in [2.05, 4.69) is 0 Å². The zero-order valence-corrected chi connectivity index (χ0v) is 8.29. The summed E-state index contributed by atoms with van der Waals surface area (Å²) in [4.78, 5) is 23.5. The molecule has 3 saturated carbocycles. The summed E-state index contributed by atoms with van der Waals surface area (Å²) in [5.74, 6) is 1.05. The average molecular weight is 194 g/mol. The van der Waals surface area contributed by atoms with Gasteiger partial charge in [0.1, 0.15) is 5.41 Å². The third-order valence-corrected chi connectivity index (χ3v) is 4.47. The van der Waals surface area contributed by atoms with Crippen LogP contribution in [0.1, 0.15) is 25.7 Å². The molecule has 3 unspecified atom stereocenters. The van der Waals surface area contributed by atoms with Gasteiger partial charge < -0.3 is 4.74 Å². The number of hydrogen-bond acceptors (Lipinski definition) is 3. The van der Waals surface area contributed by atoms with Gasteiger partial charge in [0.05, 0.1) is 7.11 Å². The molecule has 3 nitrogen and oxygen atoms in total. The molecule has 0 saturated heterocycles. The van der Waals surface area contributed by atoms with Crippen molar-refractivity contribution in [2.75, 3.05) is 7.11 Å². The molecule has 0 aromatic heterocycles. The Morgan fingerprint density at radius 1 is 1.50 bits per heavy atom. The van der Waals surface area contributed by atoms with Crippen LogP contribution in [0, 0.1) is 23.2 Å². The molecule has 4 atom stereocenters. The van der Waals surface area contributed by atoms with Crippen molar-refractivity contribution in [2.24, 2.45) is 23.2 Å². The van der Waals surface area contributed by atoms with Crippen molar-refractivity contribution in [1.29, 1.82) is 0 Å². The van der Waals surface area contributed by atoms with Crippen LogP contribution in [0.5, 0.6) is 0 Å². The number of ether oxygens (including phenoxy) is 1. The van der Waals surface area contributed by atoms with Crippen LogP contribution in [0.4, 0.5) is 0 Å². The Kier molecular flexibility index (Phi) is 1.44. The summed E-state index contributed by atoms with van der Waals surface area (Å²) in [7, 11) is 1.39. The fraction of sp³-hybridized carbons (Fsp3) is 0.818. The Bertz CT molecular complexity index is 312. The van der Waals surface area contributed by atoms with Crippen LogP contribution in [-0.4, -0.2) is 18.9 Å². The molecule has 0 aromatic rings. The second-order valence-corrected chi connectivity index (χ2v) is 4.81. The molecule has 0 aromatic carbocycles. The van der Waals surface area contributed by atoms with Gasteiger partial charge >= 0.3 is 5.97 Å². The maximum Gasteiger partial charge on any atom is 0.319 e. The molecular weight excluding hydrogens is 180 g/mol. The lowest BCUT2D eigenvalue weighted by atomic mass is 9.85. The molecule has 0 heterocycles. The molecule has 3 heteroatoms. The molecule has 0 aliphatic heterocycles. The van der Waals surface area contributed by atoms with Crippen LogP contribution in [-0.2, 0) is 14.3 Å². The number of carbonyl (C=O) groups is 2. The van der Waals surface area contributed by atoms with E-state index in [1.54, 1.807) is 0 Å². The van der Waals surface area contributed by atoms with E-state index in [0.29, 0.717) is 24.2 Å². The van der Waals surface area contributed by atoms with Gasteiger partial charge in [-0.15, -0.1) is 0 Å². The van der Waals surface area contributed by atoms with Crippen molar-refractivity contribution < 1.29 is 14.3 Å². The minimum atomic E-state index is -0.671. The quantitative estimate of drug-likeness (QED) is 0.465. The largest absolute Gasteiger partial charge is 0.468 e. The first-order valence-corrected chi connectivity index (χ1v) is 5.34. The summed E-state index contributed by atoms with van der Waals surface area (Å²) < 4.78 is 4.80. The van der Waals surface area contributed by atoms with Gasteiger partial charge in [-0.25, -0.2) is 0 Å². The first-order chi connectivity index (χ1) is 6.72. The van der Waals surface area contributed by atoms with Gasteiger partial charge in [-0.1, -0.05) is 6.42 Å².